The van der Waals surface area contributed by atoms with Crippen molar-refractivity contribution < 1.29 is 4.74 Å². The highest BCUT2D eigenvalue weighted by molar-refractivity contribution is 6.32. The number of aryl methyl sites for hydroxylation is 3. The van der Waals surface area contributed by atoms with E-state index in [9.17, 15) is 0 Å². The van der Waals surface area contributed by atoms with Crippen LogP contribution in [0.15, 0.2) is 18.2 Å². The fourth-order valence-corrected chi connectivity index (χ4v) is 2.39. The van der Waals surface area contributed by atoms with Gasteiger partial charge in [-0.2, -0.15) is 5.10 Å². The van der Waals surface area contributed by atoms with Gasteiger partial charge in [0.25, 0.3) is 0 Å². The van der Waals surface area contributed by atoms with Crippen molar-refractivity contribution in [2.24, 2.45) is 0 Å². The minimum Gasteiger partial charge on any atom is -0.492 e. The van der Waals surface area contributed by atoms with Gasteiger partial charge < -0.3 is 4.74 Å². The molecule has 0 saturated carbocycles. The molecular formula is C15H19ClN2O. The summed E-state index contributed by atoms with van der Waals surface area (Å²) in [6, 6.07) is 5.85. The van der Waals surface area contributed by atoms with Crippen LogP contribution in [0.5, 0.6) is 5.75 Å². The van der Waals surface area contributed by atoms with Crippen molar-refractivity contribution in [2.75, 3.05) is 6.61 Å². The summed E-state index contributed by atoms with van der Waals surface area (Å²) >= 11 is 6.12. The van der Waals surface area contributed by atoms with Crippen LogP contribution in [0.3, 0.4) is 0 Å². The molecule has 0 amide bonds. The molecule has 0 saturated heterocycles. The van der Waals surface area contributed by atoms with Gasteiger partial charge in [0.05, 0.1) is 17.3 Å². The van der Waals surface area contributed by atoms with Crippen LogP contribution in [-0.4, -0.2) is 16.8 Å². The van der Waals surface area contributed by atoms with Crippen LogP contribution in [0.1, 0.15) is 28.9 Å². The zero-order chi connectivity index (χ0) is 13.8. The molecule has 0 aliphatic carbocycles. The van der Waals surface area contributed by atoms with E-state index < -0.39 is 0 Å². The Kier molecular flexibility index (Phi) is 4.48. The average molecular weight is 279 g/mol. The number of benzene rings is 1. The zero-order valence-electron chi connectivity index (χ0n) is 11.6. The van der Waals surface area contributed by atoms with E-state index in [1.807, 2.05) is 39.0 Å². The number of rotatable bonds is 5. The fraction of sp³-hybridized carbons (Fsp3) is 0.400. The summed E-state index contributed by atoms with van der Waals surface area (Å²) in [4.78, 5) is 0. The minimum atomic E-state index is 0.660. The molecule has 0 atom stereocenters. The van der Waals surface area contributed by atoms with Gasteiger partial charge in [0.2, 0.25) is 0 Å². The number of nitrogens with zero attached hydrogens (tertiary/aromatic N) is 1. The molecule has 1 aromatic heterocycles. The molecule has 0 bridgehead atoms. The lowest BCUT2D eigenvalue weighted by atomic mass is 10.1. The molecule has 4 heteroatoms. The summed E-state index contributed by atoms with van der Waals surface area (Å²) in [7, 11) is 0. The lowest BCUT2D eigenvalue weighted by molar-refractivity contribution is 0.311. The number of H-pyrrole nitrogens is 1. The molecule has 19 heavy (non-hydrogen) atoms. The van der Waals surface area contributed by atoms with Crippen LogP contribution in [0.25, 0.3) is 0 Å². The van der Waals surface area contributed by atoms with Crippen LogP contribution >= 0.6 is 11.6 Å². The number of halogens is 1. The molecule has 3 nitrogen and oxygen atoms in total. The second-order valence-corrected chi connectivity index (χ2v) is 5.21. The Morgan fingerprint density at radius 1 is 1.26 bits per heavy atom. The third-order valence-electron chi connectivity index (χ3n) is 3.20. The molecule has 1 aromatic carbocycles. The third-order valence-corrected chi connectivity index (χ3v) is 3.49. The Morgan fingerprint density at radius 3 is 2.68 bits per heavy atom. The standard InChI is InChI=1S/C15H19ClN2O/c1-10-6-7-15(14(16)9-10)19-8-4-5-13-11(2)17-18-12(13)3/h6-7,9H,4-5,8H2,1-3H3,(H,17,18). The summed E-state index contributed by atoms with van der Waals surface area (Å²) < 4.78 is 5.71. The summed E-state index contributed by atoms with van der Waals surface area (Å²) in [6.07, 6.45) is 1.92. The van der Waals surface area contributed by atoms with E-state index in [0.717, 1.165) is 35.5 Å². The van der Waals surface area contributed by atoms with Crippen molar-refractivity contribution in [1.29, 1.82) is 0 Å². The first-order valence-electron chi connectivity index (χ1n) is 6.47. The molecule has 2 rings (SSSR count). The van der Waals surface area contributed by atoms with E-state index >= 15 is 0 Å². The quantitative estimate of drug-likeness (QED) is 0.840. The lowest BCUT2D eigenvalue weighted by Crippen LogP contribution is -2.01. The van der Waals surface area contributed by atoms with E-state index in [1.54, 1.807) is 0 Å². The molecule has 0 radical (unpaired) electrons. The van der Waals surface area contributed by atoms with Gasteiger partial charge in [-0.3, -0.25) is 5.10 Å². The molecule has 102 valence electrons. The Hall–Kier alpha value is -1.48. The molecule has 2 aromatic rings. The fourth-order valence-electron chi connectivity index (χ4n) is 2.10. The first-order valence-corrected chi connectivity index (χ1v) is 6.85. The maximum Gasteiger partial charge on any atom is 0.137 e. The first-order chi connectivity index (χ1) is 9.08. The number of hydrogen-bond acceptors (Lipinski definition) is 2. The third kappa shape index (κ3) is 3.51. The predicted molar refractivity (Wildman–Crippen MR) is 78.1 cm³/mol. The molecule has 0 aliphatic heterocycles. The topological polar surface area (TPSA) is 37.9 Å². The Bertz CT molecular complexity index is 544. The highest BCUT2D eigenvalue weighted by Crippen LogP contribution is 2.25. The average Bonchev–Trinajstić information content (AvgIpc) is 2.68. The van der Waals surface area contributed by atoms with Crippen LogP contribution in [-0.2, 0) is 6.42 Å². The number of nitrogens with one attached hydrogen (secondary N) is 1. The Labute approximate surface area is 118 Å². The molecule has 0 unspecified atom stereocenters. The summed E-state index contributed by atoms with van der Waals surface area (Å²) in [5.74, 6) is 0.757. The molecule has 0 fully saturated rings. The highest BCUT2D eigenvalue weighted by Gasteiger charge is 2.06. The van der Waals surface area contributed by atoms with Gasteiger partial charge >= 0.3 is 0 Å². The maximum atomic E-state index is 6.12. The van der Waals surface area contributed by atoms with Gasteiger partial charge in [-0.1, -0.05) is 17.7 Å². The lowest BCUT2D eigenvalue weighted by Gasteiger charge is -2.08. The molecule has 0 spiro atoms. The van der Waals surface area contributed by atoms with Gasteiger partial charge in [-0.05, 0) is 56.9 Å². The second kappa shape index (κ2) is 6.11. The van der Waals surface area contributed by atoms with E-state index in [0.29, 0.717) is 11.6 Å². The van der Waals surface area contributed by atoms with Crippen LogP contribution in [0, 0.1) is 20.8 Å². The number of hydrogen-bond donors (Lipinski definition) is 1. The van der Waals surface area contributed by atoms with Crippen molar-refractivity contribution in [1.82, 2.24) is 10.2 Å². The van der Waals surface area contributed by atoms with Crippen LogP contribution in [0.4, 0.5) is 0 Å². The molecule has 0 aliphatic rings. The largest absolute Gasteiger partial charge is 0.492 e. The number of ether oxygens (including phenoxy) is 1. The SMILES string of the molecule is Cc1ccc(OCCCc2c(C)n[nH]c2C)c(Cl)c1. The Balaban J connectivity index is 1.84. The van der Waals surface area contributed by atoms with Crippen molar-refractivity contribution in [2.45, 2.75) is 33.6 Å². The van der Waals surface area contributed by atoms with Crippen molar-refractivity contribution in [3.63, 3.8) is 0 Å². The first kappa shape index (κ1) is 13.9. The van der Waals surface area contributed by atoms with Crippen molar-refractivity contribution >= 4 is 11.6 Å². The van der Waals surface area contributed by atoms with Crippen molar-refractivity contribution in [3.8, 4) is 5.75 Å². The van der Waals surface area contributed by atoms with Gasteiger partial charge in [0.1, 0.15) is 5.75 Å². The summed E-state index contributed by atoms with van der Waals surface area (Å²) in [5, 5.41) is 7.87. The van der Waals surface area contributed by atoms with Gasteiger partial charge in [0.15, 0.2) is 0 Å². The summed E-state index contributed by atoms with van der Waals surface area (Å²) in [5.41, 5.74) is 4.65. The van der Waals surface area contributed by atoms with Gasteiger partial charge in [-0.15, -0.1) is 0 Å². The molecular weight excluding hydrogens is 260 g/mol. The Morgan fingerprint density at radius 2 is 2.05 bits per heavy atom. The van der Waals surface area contributed by atoms with Gasteiger partial charge in [-0.25, -0.2) is 0 Å². The van der Waals surface area contributed by atoms with Crippen LogP contribution < -0.4 is 4.74 Å². The van der Waals surface area contributed by atoms with Crippen LogP contribution in [0.2, 0.25) is 5.02 Å². The summed E-state index contributed by atoms with van der Waals surface area (Å²) in [6.45, 7) is 6.75. The normalized spacial score (nSPS) is 10.7. The van der Waals surface area contributed by atoms with E-state index in [4.69, 9.17) is 16.3 Å². The highest BCUT2D eigenvalue weighted by atomic mass is 35.5. The van der Waals surface area contributed by atoms with Gasteiger partial charge in [0, 0.05) is 5.69 Å². The van der Waals surface area contributed by atoms with E-state index in [1.165, 1.54) is 5.56 Å². The van der Waals surface area contributed by atoms with E-state index in [-0.39, 0.29) is 0 Å². The molecule has 1 N–H and O–H groups in total. The monoisotopic (exact) mass is 278 g/mol. The van der Waals surface area contributed by atoms with Crippen molar-refractivity contribution in [3.05, 3.63) is 45.7 Å². The number of aromatic nitrogens is 2. The minimum absolute atomic E-state index is 0.660. The number of aromatic amines is 1. The smallest absolute Gasteiger partial charge is 0.137 e. The molecule has 1 heterocycles. The van der Waals surface area contributed by atoms with E-state index in [2.05, 4.69) is 10.2 Å². The maximum absolute atomic E-state index is 6.12. The predicted octanol–water partition coefficient (Wildman–Crippen LogP) is 4.00. The zero-order valence-corrected chi connectivity index (χ0v) is 12.3. The second-order valence-electron chi connectivity index (χ2n) is 4.80.